The van der Waals surface area contributed by atoms with Crippen molar-refractivity contribution < 1.29 is 13.5 Å². The summed E-state index contributed by atoms with van der Waals surface area (Å²) in [5.74, 6) is 1.15. The zero-order valence-electron chi connectivity index (χ0n) is 20.6. The number of halogens is 2. The Bertz CT molecular complexity index is 1670. The molecular weight excluding hydrogens is 506 g/mol. The molecule has 0 radical (unpaired) electrons. The number of fused-ring (bicyclic) bond motifs is 2. The van der Waals surface area contributed by atoms with Gasteiger partial charge < -0.3 is 9.64 Å². The molecule has 1 atom stereocenters. The van der Waals surface area contributed by atoms with E-state index in [0.717, 1.165) is 29.6 Å². The van der Waals surface area contributed by atoms with E-state index in [1.807, 2.05) is 18.2 Å². The third-order valence-corrected chi connectivity index (χ3v) is 7.82. The minimum Gasteiger partial charge on any atom is -0.457 e. The van der Waals surface area contributed by atoms with Crippen LogP contribution >= 0.6 is 11.3 Å². The summed E-state index contributed by atoms with van der Waals surface area (Å²) in [4.78, 5) is 25.1. The molecule has 0 bridgehead atoms. The predicted octanol–water partition coefficient (Wildman–Crippen LogP) is 6.29. The van der Waals surface area contributed by atoms with Crippen LogP contribution in [0, 0.1) is 11.7 Å². The molecule has 1 saturated heterocycles. The number of ether oxygens (including phenoxy) is 1. The Balaban J connectivity index is 1.41. The standard InChI is InChI=1S/C29H26F2N4O2S/c30-11-13-34-12-3-4-19(16-34)17-35-28(22-5-1-2-6-24(22)31)33-25-9-7-20(14-23(25)29(35)36)37-21-8-10-26-27(15-21)38-18-32-26/h1-2,5-10,14-15,18-19H,3-4,11-13,16-17H2. The molecule has 9 heteroatoms. The molecule has 5 aromatic rings. The average molecular weight is 533 g/mol. The van der Waals surface area contributed by atoms with Gasteiger partial charge in [-0.05, 0) is 67.8 Å². The van der Waals surface area contributed by atoms with Crippen molar-refractivity contribution in [1.29, 1.82) is 0 Å². The maximum atomic E-state index is 14.9. The quantitative estimate of drug-likeness (QED) is 0.247. The Hall–Kier alpha value is -3.69. The number of aromatic nitrogens is 3. The average Bonchev–Trinajstić information content (AvgIpc) is 3.39. The van der Waals surface area contributed by atoms with Gasteiger partial charge in [-0.25, -0.2) is 18.7 Å². The van der Waals surface area contributed by atoms with E-state index >= 15 is 0 Å². The predicted molar refractivity (Wildman–Crippen MR) is 146 cm³/mol. The molecule has 3 heterocycles. The van der Waals surface area contributed by atoms with Crippen molar-refractivity contribution in [2.45, 2.75) is 19.4 Å². The van der Waals surface area contributed by atoms with Crippen molar-refractivity contribution in [3.8, 4) is 22.9 Å². The molecule has 0 spiro atoms. The van der Waals surface area contributed by atoms with Crippen molar-refractivity contribution >= 4 is 32.5 Å². The van der Waals surface area contributed by atoms with Gasteiger partial charge in [0.2, 0.25) is 0 Å². The Morgan fingerprint density at radius 3 is 2.71 bits per heavy atom. The lowest BCUT2D eigenvalue weighted by molar-refractivity contribution is 0.152. The second-order valence-electron chi connectivity index (χ2n) is 9.59. The molecule has 1 aliphatic heterocycles. The van der Waals surface area contributed by atoms with Crippen molar-refractivity contribution in [2.75, 3.05) is 26.3 Å². The Labute approximate surface area is 222 Å². The van der Waals surface area contributed by atoms with Crippen LogP contribution in [0.15, 0.2) is 71.0 Å². The third kappa shape index (κ3) is 4.91. The normalized spacial score (nSPS) is 16.3. The van der Waals surface area contributed by atoms with Gasteiger partial charge in [0.1, 0.15) is 29.8 Å². The SMILES string of the molecule is O=c1c2cc(Oc3ccc4ncsc4c3)ccc2nc(-c2ccccc2F)n1CC1CCCN(CCF)C1. The first-order valence-electron chi connectivity index (χ1n) is 12.7. The van der Waals surface area contributed by atoms with Crippen LogP contribution in [0.4, 0.5) is 8.78 Å². The van der Waals surface area contributed by atoms with Crippen LogP contribution in [-0.2, 0) is 6.54 Å². The van der Waals surface area contributed by atoms with Crippen LogP contribution in [-0.4, -0.2) is 45.7 Å². The fourth-order valence-electron chi connectivity index (χ4n) is 5.20. The second-order valence-corrected chi connectivity index (χ2v) is 10.5. The Morgan fingerprint density at radius 1 is 1.05 bits per heavy atom. The number of alkyl halides is 1. The van der Waals surface area contributed by atoms with Crippen LogP contribution in [0.1, 0.15) is 12.8 Å². The highest BCUT2D eigenvalue weighted by Gasteiger charge is 2.24. The highest BCUT2D eigenvalue weighted by Crippen LogP contribution is 2.30. The minimum atomic E-state index is -0.436. The maximum absolute atomic E-state index is 14.9. The van der Waals surface area contributed by atoms with Gasteiger partial charge in [-0.15, -0.1) is 11.3 Å². The molecule has 38 heavy (non-hydrogen) atoms. The number of piperidine rings is 1. The monoisotopic (exact) mass is 532 g/mol. The molecule has 194 valence electrons. The lowest BCUT2D eigenvalue weighted by atomic mass is 9.97. The molecule has 1 fully saturated rings. The van der Waals surface area contributed by atoms with Gasteiger partial charge in [-0.1, -0.05) is 12.1 Å². The first-order valence-corrected chi connectivity index (χ1v) is 13.6. The largest absolute Gasteiger partial charge is 0.457 e. The maximum Gasteiger partial charge on any atom is 0.261 e. The fraction of sp³-hybridized carbons (Fsp3) is 0.276. The molecule has 0 saturated carbocycles. The summed E-state index contributed by atoms with van der Waals surface area (Å²) >= 11 is 1.53. The summed E-state index contributed by atoms with van der Waals surface area (Å²) in [5, 5.41) is 0.401. The molecular formula is C29H26F2N4O2S. The van der Waals surface area contributed by atoms with Gasteiger partial charge >= 0.3 is 0 Å². The lowest BCUT2D eigenvalue weighted by Gasteiger charge is -2.32. The molecule has 1 unspecified atom stereocenters. The van der Waals surface area contributed by atoms with Crippen LogP contribution in [0.5, 0.6) is 11.5 Å². The number of rotatable bonds is 7. The summed E-state index contributed by atoms with van der Waals surface area (Å²) < 4.78 is 36.6. The number of hydrogen-bond acceptors (Lipinski definition) is 6. The van der Waals surface area contributed by atoms with Crippen molar-refractivity contribution in [2.24, 2.45) is 5.92 Å². The molecule has 0 N–H and O–H groups in total. The van der Waals surface area contributed by atoms with Gasteiger partial charge in [0.05, 0.1) is 32.2 Å². The van der Waals surface area contributed by atoms with Crippen molar-refractivity contribution in [3.05, 3.63) is 82.3 Å². The minimum absolute atomic E-state index is 0.128. The molecule has 1 aliphatic rings. The summed E-state index contributed by atoms with van der Waals surface area (Å²) in [5.41, 5.74) is 3.19. The molecule has 2 aromatic heterocycles. The summed E-state index contributed by atoms with van der Waals surface area (Å²) in [6.07, 6.45) is 1.84. The van der Waals surface area contributed by atoms with Crippen LogP contribution in [0.25, 0.3) is 32.5 Å². The summed E-state index contributed by atoms with van der Waals surface area (Å²) in [6, 6.07) is 17.2. The number of nitrogens with zero attached hydrogens (tertiary/aromatic N) is 4. The highest BCUT2D eigenvalue weighted by molar-refractivity contribution is 7.16. The fourth-order valence-corrected chi connectivity index (χ4v) is 5.90. The first-order chi connectivity index (χ1) is 18.6. The van der Waals surface area contributed by atoms with Crippen molar-refractivity contribution in [1.82, 2.24) is 19.4 Å². The van der Waals surface area contributed by atoms with Crippen LogP contribution in [0.2, 0.25) is 0 Å². The van der Waals surface area contributed by atoms with E-state index in [2.05, 4.69) is 9.88 Å². The summed E-state index contributed by atoms with van der Waals surface area (Å²) in [6.45, 7) is 1.90. The third-order valence-electron chi connectivity index (χ3n) is 7.02. The summed E-state index contributed by atoms with van der Waals surface area (Å²) in [7, 11) is 0. The van der Waals surface area contributed by atoms with E-state index in [0.29, 0.717) is 47.9 Å². The van der Waals surface area contributed by atoms with Crippen molar-refractivity contribution in [3.63, 3.8) is 0 Å². The van der Waals surface area contributed by atoms with E-state index in [1.165, 1.54) is 17.4 Å². The molecule has 6 nitrogen and oxygen atoms in total. The van der Waals surface area contributed by atoms with Gasteiger partial charge in [0.25, 0.3) is 5.56 Å². The Morgan fingerprint density at radius 2 is 1.87 bits per heavy atom. The molecule has 6 rings (SSSR count). The zero-order chi connectivity index (χ0) is 26.1. The number of likely N-dealkylation sites (tertiary alicyclic amines) is 1. The van der Waals surface area contributed by atoms with E-state index in [9.17, 15) is 13.6 Å². The van der Waals surface area contributed by atoms with Crippen LogP contribution in [0.3, 0.4) is 0 Å². The number of thiazole rings is 1. The number of benzene rings is 3. The second kappa shape index (κ2) is 10.6. The topological polar surface area (TPSA) is 60.2 Å². The smallest absolute Gasteiger partial charge is 0.261 e. The van der Waals surface area contributed by atoms with E-state index in [4.69, 9.17) is 9.72 Å². The molecule has 0 aliphatic carbocycles. The molecule has 0 amide bonds. The lowest BCUT2D eigenvalue weighted by Crippen LogP contribution is -2.39. The van der Waals surface area contributed by atoms with Gasteiger partial charge in [0, 0.05) is 25.7 Å². The molecule has 3 aromatic carbocycles. The van der Waals surface area contributed by atoms with Gasteiger partial charge in [-0.2, -0.15) is 0 Å². The van der Waals surface area contributed by atoms with E-state index in [-0.39, 0.29) is 17.0 Å². The zero-order valence-corrected chi connectivity index (χ0v) is 21.5. The van der Waals surface area contributed by atoms with E-state index in [1.54, 1.807) is 46.5 Å². The van der Waals surface area contributed by atoms with Gasteiger partial charge in [-0.3, -0.25) is 9.36 Å². The van der Waals surface area contributed by atoms with E-state index < -0.39 is 12.5 Å². The Kier molecular flexibility index (Phi) is 6.86. The van der Waals surface area contributed by atoms with Crippen LogP contribution < -0.4 is 10.3 Å². The first kappa shape index (κ1) is 24.6. The van der Waals surface area contributed by atoms with Gasteiger partial charge in [0.15, 0.2) is 0 Å². The highest BCUT2D eigenvalue weighted by atomic mass is 32.1. The number of hydrogen-bond donors (Lipinski definition) is 0.